The van der Waals surface area contributed by atoms with E-state index in [2.05, 4.69) is 0 Å². The zero-order valence-corrected chi connectivity index (χ0v) is 8.41. The Morgan fingerprint density at radius 1 is 0.933 bits per heavy atom. The zero-order chi connectivity index (χ0) is 10.7. The van der Waals surface area contributed by atoms with E-state index in [1.54, 1.807) is 13.2 Å². The first-order chi connectivity index (χ1) is 7.29. The van der Waals surface area contributed by atoms with Crippen molar-refractivity contribution in [1.82, 2.24) is 0 Å². The molecule has 0 saturated heterocycles. The molecule has 76 valence electrons. The second-order valence-corrected chi connectivity index (χ2v) is 3.24. The van der Waals surface area contributed by atoms with Gasteiger partial charge in [-0.1, -0.05) is 24.3 Å². The van der Waals surface area contributed by atoms with Crippen molar-refractivity contribution in [2.45, 2.75) is 0 Å². The minimum Gasteiger partial charge on any atom is -0.497 e. The van der Waals surface area contributed by atoms with E-state index >= 15 is 0 Å². The van der Waals surface area contributed by atoms with Gasteiger partial charge in [-0.25, -0.2) is 4.39 Å². The van der Waals surface area contributed by atoms with Crippen LogP contribution in [0, 0.1) is 5.82 Å². The molecule has 0 aromatic heterocycles. The molecule has 0 saturated carbocycles. The summed E-state index contributed by atoms with van der Waals surface area (Å²) in [5.74, 6) is 0.582. The van der Waals surface area contributed by atoms with Gasteiger partial charge in [0.2, 0.25) is 0 Å². The summed E-state index contributed by atoms with van der Waals surface area (Å²) in [5, 5.41) is 0. The molecule has 0 bridgehead atoms. The van der Waals surface area contributed by atoms with E-state index in [-0.39, 0.29) is 5.82 Å². The van der Waals surface area contributed by atoms with Crippen LogP contribution in [0.15, 0.2) is 48.5 Å². The fourth-order valence-electron chi connectivity index (χ4n) is 1.45. The Morgan fingerprint density at radius 2 is 1.67 bits per heavy atom. The first-order valence-electron chi connectivity index (χ1n) is 4.69. The van der Waals surface area contributed by atoms with Crippen molar-refractivity contribution in [1.29, 1.82) is 0 Å². The quantitative estimate of drug-likeness (QED) is 0.724. The Bertz CT molecular complexity index is 448. The van der Waals surface area contributed by atoms with Gasteiger partial charge in [0.1, 0.15) is 11.6 Å². The predicted molar refractivity (Wildman–Crippen MR) is 58.4 cm³/mol. The van der Waals surface area contributed by atoms with Crippen LogP contribution in [0.25, 0.3) is 11.1 Å². The van der Waals surface area contributed by atoms with Crippen molar-refractivity contribution in [3.63, 3.8) is 0 Å². The van der Waals surface area contributed by atoms with Crippen LogP contribution in [0.5, 0.6) is 5.75 Å². The number of hydrogen-bond donors (Lipinski definition) is 0. The van der Waals surface area contributed by atoms with E-state index in [1.807, 2.05) is 30.3 Å². The summed E-state index contributed by atoms with van der Waals surface area (Å²) in [6.07, 6.45) is 0. The summed E-state index contributed by atoms with van der Waals surface area (Å²) in [4.78, 5) is 0. The minimum absolute atomic E-state index is 0.219. The maximum absolute atomic E-state index is 13.0. The molecule has 2 heteroatoms. The number of ether oxygens (including phenoxy) is 1. The summed E-state index contributed by atoms with van der Waals surface area (Å²) < 4.78 is 18.0. The Morgan fingerprint density at radius 3 is 2.27 bits per heavy atom. The van der Waals surface area contributed by atoms with Gasteiger partial charge in [-0.15, -0.1) is 0 Å². The fraction of sp³-hybridized carbons (Fsp3) is 0.0769. The molecule has 0 aliphatic heterocycles. The molecule has 0 aliphatic carbocycles. The summed E-state index contributed by atoms with van der Waals surface area (Å²) in [6, 6.07) is 14.1. The Labute approximate surface area is 88.1 Å². The van der Waals surface area contributed by atoms with Gasteiger partial charge in [0.15, 0.2) is 0 Å². The number of halogens is 1. The molecular weight excluding hydrogens is 191 g/mol. The lowest BCUT2D eigenvalue weighted by Crippen LogP contribution is -1.83. The van der Waals surface area contributed by atoms with Crippen molar-refractivity contribution in [2.75, 3.05) is 7.11 Å². The topological polar surface area (TPSA) is 9.23 Å². The number of benzene rings is 2. The molecule has 0 radical (unpaired) electrons. The summed E-state index contributed by atoms with van der Waals surface area (Å²) in [7, 11) is 1.62. The lowest BCUT2D eigenvalue weighted by Gasteiger charge is -2.03. The molecule has 0 unspecified atom stereocenters. The average molecular weight is 202 g/mol. The van der Waals surface area contributed by atoms with E-state index in [0.717, 1.165) is 16.9 Å². The molecule has 2 aromatic rings. The first kappa shape index (κ1) is 9.71. The number of rotatable bonds is 2. The van der Waals surface area contributed by atoms with Crippen molar-refractivity contribution >= 4 is 0 Å². The van der Waals surface area contributed by atoms with Crippen LogP contribution in [0.1, 0.15) is 0 Å². The van der Waals surface area contributed by atoms with E-state index in [9.17, 15) is 4.39 Å². The van der Waals surface area contributed by atoms with Crippen molar-refractivity contribution in [3.05, 3.63) is 54.3 Å². The van der Waals surface area contributed by atoms with E-state index < -0.39 is 0 Å². The van der Waals surface area contributed by atoms with Crippen molar-refractivity contribution < 1.29 is 9.13 Å². The molecule has 15 heavy (non-hydrogen) atoms. The largest absolute Gasteiger partial charge is 0.497 e. The Hall–Kier alpha value is -1.83. The second kappa shape index (κ2) is 4.13. The molecular formula is C13H11FO. The van der Waals surface area contributed by atoms with Crippen LogP contribution in [-0.2, 0) is 0 Å². The van der Waals surface area contributed by atoms with Gasteiger partial charge in [0, 0.05) is 0 Å². The highest BCUT2D eigenvalue weighted by molar-refractivity contribution is 5.64. The van der Waals surface area contributed by atoms with Gasteiger partial charge >= 0.3 is 0 Å². The van der Waals surface area contributed by atoms with Crippen LogP contribution in [0.3, 0.4) is 0 Å². The van der Waals surface area contributed by atoms with Gasteiger partial charge in [0.05, 0.1) is 7.11 Å². The minimum atomic E-state index is -0.219. The Kier molecular flexibility index (Phi) is 2.68. The highest BCUT2D eigenvalue weighted by atomic mass is 19.1. The molecule has 0 fully saturated rings. The maximum atomic E-state index is 13.0. The van der Waals surface area contributed by atoms with Crippen molar-refractivity contribution in [2.24, 2.45) is 0 Å². The van der Waals surface area contributed by atoms with Gasteiger partial charge < -0.3 is 4.74 Å². The maximum Gasteiger partial charge on any atom is 0.123 e. The highest BCUT2D eigenvalue weighted by Gasteiger charge is 1.99. The third-order valence-corrected chi connectivity index (χ3v) is 2.25. The molecule has 1 nitrogen and oxygen atoms in total. The van der Waals surface area contributed by atoms with Gasteiger partial charge in [-0.2, -0.15) is 0 Å². The smallest absolute Gasteiger partial charge is 0.123 e. The van der Waals surface area contributed by atoms with E-state index in [4.69, 9.17) is 4.74 Å². The first-order valence-corrected chi connectivity index (χ1v) is 4.69. The molecule has 2 aromatic carbocycles. The molecule has 0 heterocycles. The average Bonchev–Trinajstić information content (AvgIpc) is 2.29. The SMILES string of the molecule is COc1ccc(-c2cccc(F)c2)cc1. The standard InChI is InChI=1S/C13H11FO/c1-15-13-7-5-10(6-8-13)11-3-2-4-12(14)9-11/h2-9H,1H3. The van der Waals surface area contributed by atoms with Crippen LogP contribution in [0.2, 0.25) is 0 Å². The third kappa shape index (κ3) is 2.15. The monoisotopic (exact) mass is 202 g/mol. The van der Waals surface area contributed by atoms with Crippen molar-refractivity contribution in [3.8, 4) is 16.9 Å². The lowest BCUT2D eigenvalue weighted by atomic mass is 10.1. The summed E-state index contributed by atoms with van der Waals surface area (Å²) >= 11 is 0. The van der Waals surface area contributed by atoms with Gasteiger partial charge in [0.25, 0.3) is 0 Å². The summed E-state index contributed by atoms with van der Waals surface area (Å²) in [5.41, 5.74) is 1.85. The Balaban J connectivity index is 2.37. The zero-order valence-electron chi connectivity index (χ0n) is 8.41. The molecule has 0 atom stereocenters. The molecule has 0 N–H and O–H groups in total. The molecule has 2 rings (SSSR count). The third-order valence-electron chi connectivity index (χ3n) is 2.25. The number of hydrogen-bond acceptors (Lipinski definition) is 1. The molecule has 0 amide bonds. The second-order valence-electron chi connectivity index (χ2n) is 3.24. The predicted octanol–water partition coefficient (Wildman–Crippen LogP) is 3.50. The van der Waals surface area contributed by atoms with E-state index in [0.29, 0.717) is 0 Å². The normalized spacial score (nSPS) is 10.0. The highest BCUT2D eigenvalue weighted by Crippen LogP contribution is 2.22. The fourth-order valence-corrected chi connectivity index (χ4v) is 1.45. The van der Waals surface area contributed by atoms with Crippen LogP contribution in [-0.4, -0.2) is 7.11 Å². The summed E-state index contributed by atoms with van der Waals surface area (Å²) in [6.45, 7) is 0. The van der Waals surface area contributed by atoms with Crippen LogP contribution < -0.4 is 4.74 Å². The van der Waals surface area contributed by atoms with Gasteiger partial charge in [-0.05, 0) is 35.4 Å². The lowest BCUT2D eigenvalue weighted by molar-refractivity contribution is 0.415. The van der Waals surface area contributed by atoms with Gasteiger partial charge in [-0.3, -0.25) is 0 Å². The molecule has 0 spiro atoms. The number of methoxy groups -OCH3 is 1. The van der Waals surface area contributed by atoms with Crippen LogP contribution in [0.4, 0.5) is 4.39 Å². The van der Waals surface area contributed by atoms with E-state index in [1.165, 1.54) is 12.1 Å². The van der Waals surface area contributed by atoms with Crippen LogP contribution >= 0.6 is 0 Å². The molecule has 0 aliphatic rings.